The summed E-state index contributed by atoms with van der Waals surface area (Å²) in [6.45, 7) is 5.46. The number of carbonyl (C=O) groups excluding carboxylic acids is 3. The van der Waals surface area contributed by atoms with E-state index < -0.39 is 24.0 Å². The van der Waals surface area contributed by atoms with Gasteiger partial charge in [-0.15, -0.1) is 0 Å². The van der Waals surface area contributed by atoms with E-state index in [2.05, 4.69) is 0 Å². The second-order valence-corrected chi connectivity index (χ2v) is 8.05. The van der Waals surface area contributed by atoms with Crippen LogP contribution in [0.2, 0.25) is 0 Å². The lowest BCUT2D eigenvalue weighted by Crippen LogP contribution is -2.60. The van der Waals surface area contributed by atoms with Gasteiger partial charge in [0.25, 0.3) is 0 Å². The Balaban J connectivity index is 2.69. The summed E-state index contributed by atoms with van der Waals surface area (Å²) in [4.78, 5) is 42.8. The molecule has 34 heavy (non-hydrogen) atoms. The summed E-state index contributed by atoms with van der Waals surface area (Å²) in [7, 11) is 3.11. The van der Waals surface area contributed by atoms with Gasteiger partial charge in [0.15, 0.2) is 6.04 Å². The summed E-state index contributed by atoms with van der Waals surface area (Å²) in [5, 5.41) is -0.268. The number of amides is 1. The third-order valence-corrected chi connectivity index (χ3v) is 5.96. The number of esters is 1. The molecule has 2 aromatic rings. The summed E-state index contributed by atoms with van der Waals surface area (Å²) in [6.07, 6.45) is 1.66. The molecule has 0 radical (unpaired) electrons. The van der Waals surface area contributed by atoms with Crippen molar-refractivity contribution in [2.24, 2.45) is 0 Å². The molecule has 2 rings (SSSR count). The fourth-order valence-electron chi connectivity index (χ4n) is 3.75. The number of likely N-dealkylation sites (N-methyl/N-ethyl adjacent to an activating group) is 1. The van der Waals surface area contributed by atoms with Crippen LogP contribution in [0.4, 0.5) is 11.4 Å². The van der Waals surface area contributed by atoms with Gasteiger partial charge >= 0.3 is 5.97 Å². The van der Waals surface area contributed by atoms with E-state index >= 15 is 0 Å². The maximum Gasteiger partial charge on any atom is 0.331 e. The second-order valence-electron chi connectivity index (χ2n) is 7.24. The number of carbonyl (C=O) groups is 3. The Labute approximate surface area is 205 Å². The van der Waals surface area contributed by atoms with E-state index in [1.807, 2.05) is 19.1 Å². The van der Waals surface area contributed by atoms with Crippen molar-refractivity contribution in [1.82, 2.24) is 0 Å². The molecule has 0 heterocycles. The maximum absolute atomic E-state index is 13.4. The van der Waals surface area contributed by atoms with Crippen molar-refractivity contribution in [3.05, 3.63) is 48.5 Å². The van der Waals surface area contributed by atoms with Crippen molar-refractivity contribution in [1.29, 1.82) is 0 Å². The van der Waals surface area contributed by atoms with Crippen molar-refractivity contribution < 1.29 is 28.6 Å². The summed E-state index contributed by atoms with van der Waals surface area (Å²) in [6, 6.07) is 11.7. The number of benzene rings is 2. The Morgan fingerprint density at radius 2 is 1.35 bits per heavy atom. The summed E-state index contributed by atoms with van der Waals surface area (Å²) in [5.41, 5.74) is 1.17. The molecule has 0 fully saturated rings. The van der Waals surface area contributed by atoms with E-state index in [-0.39, 0.29) is 11.7 Å². The van der Waals surface area contributed by atoms with Gasteiger partial charge < -0.3 is 19.1 Å². The zero-order valence-electron chi connectivity index (χ0n) is 20.4. The number of rotatable bonds is 11. The number of methoxy groups -OCH3 is 2. The van der Waals surface area contributed by atoms with Gasteiger partial charge in [0.05, 0.1) is 20.8 Å². The highest BCUT2D eigenvalue weighted by Crippen LogP contribution is 2.30. The van der Waals surface area contributed by atoms with Crippen LogP contribution < -0.4 is 19.3 Å². The number of nitrogens with zero attached hydrogens (tertiary/aromatic N) is 2. The lowest BCUT2D eigenvalue weighted by molar-refractivity contribution is -0.147. The quantitative estimate of drug-likeness (QED) is 0.442. The van der Waals surface area contributed by atoms with E-state index in [1.165, 1.54) is 11.8 Å². The van der Waals surface area contributed by atoms with Crippen LogP contribution in [0, 0.1) is 0 Å². The first-order valence-electron chi connectivity index (χ1n) is 10.9. The second kappa shape index (κ2) is 12.9. The van der Waals surface area contributed by atoms with E-state index in [4.69, 9.17) is 14.2 Å². The molecule has 2 atom stereocenters. The molecule has 0 saturated heterocycles. The molecular weight excluding hydrogens is 456 g/mol. The van der Waals surface area contributed by atoms with Crippen LogP contribution >= 0.6 is 11.8 Å². The van der Waals surface area contributed by atoms with Crippen LogP contribution in [-0.2, 0) is 19.1 Å². The fraction of sp³-hybridized carbons (Fsp3) is 0.400. The Morgan fingerprint density at radius 3 is 1.74 bits per heavy atom. The van der Waals surface area contributed by atoms with Crippen LogP contribution in [0.5, 0.6) is 11.5 Å². The zero-order chi connectivity index (χ0) is 25.3. The van der Waals surface area contributed by atoms with E-state index in [1.54, 1.807) is 68.7 Å². The van der Waals surface area contributed by atoms with Crippen LogP contribution in [0.15, 0.2) is 48.5 Å². The first-order chi connectivity index (χ1) is 16.3. The topological polar surface area (TPSA) is 85.4 Å². The molecule has 2 unspecified atom stereocenters. The first kappa shape index (κ1) is 27.0. The van der Waals surface area contributed by atoms with Gasteiger partial charge in [-0.3, -0.25) is 14.5 Å². The number of anilines is 2. The summed E-state index contributed by atoms with van der Waals surface area (Å²) >= 11 is 1.00. The van der Waals surface area contributed by atoms with Crippen LogP contribution in [0.3, 0.4) is 0 Å². The largest absolute Gasteiger partial charge is 0.497 e. The number of thioether (sulfide) groups is 1. The monoisotopic (exact) mass is 488 g/mol. The predicted octanol–water partition coefficient (Wildman–Crippen LogP) is 3.77. The fourth-order valence-corrected chi connectivity index (χ4v) is 4.24. The third-order valence-electron chi connectivity index (χ3n) is 5.32. The minimum Gasteiger partial charge on any atom is -0.497 e. The van der Waals surface area contributed by atoms with Gasteiger partial charge in [-0.05, 0) is 68.6 Å². The van der Waals surface area contributed by atoms with Gasteiger partial charge in [0, 0.05) is 24.8 Å². The molecule has 0 spiro atoms. The van der Waals surface area contributed by atoms with Gasteiger partial charge in [-0.25, -0.2) is 4.79 Å². The molecule has 184 valence electrons. The molecule has 0 aliphatic rings. The normalized spacial score (nSPS) is 12.3. The zero-order valence-corrected chi connectivity index (χ0v) is 21.3. The third kappa shape index (κ3) is 6.22. The lowest BCUT2D eigenvalue weighted by atomic mass is 10.0. The first-order valence-corrected chi connectivity index (χ1v) is 12.1. The number of hydrogen-bond acceptors (Lipinski definition) is 8. The Kier molecular flexibility index (Phi) is 10.2. The van der Waals surface area contributed by atoms with Crippen LogP contribution in [0.1, 0.15) is 20.8 Å². The smallest absolute Gasteiger partial charge is 0.331 e. The molecule has 0 aromatic heterocycles. The van der Waals surface area contributed by atoms with Crippen molar-refractivity contribution in [2.45, 2.75) is 32.9 Å². The molecule has 8 nitrogen and oxygen atoms in total. The van der Waals surface area contributed by atoms with E-state index in [9.17, 15) is 14.4 Å². The average molecular weight is 489 g/mol. The molecule has 0 aliphatic carbocycles. The molecule has 9 heteroatoms. The Bertz CT molecular complexity index is 964. The highest BCUT2D eigenvalue weighted by molar-refractivity contribution is 8.13. The van der Waals surface area contributed by atoms with Crippen molar-refractivity contribution in [3.8, 4) is 11.5 Å². The van der Waals surface area contributed by atoms with Crippen molar-refractivity contribution >= 4 is 40.1 Å². The molecule has 0 bridgehead atoms. The Hall–Kier alpha value is -3.20. The predicted molar refractivity (Wildman–Crippen MR) is 135 cm³/mol. The standard InChI is InChI=1S/C25H32N2O6S/c1-7-26(18-9-13-20(31-4)14-10-18)23(25(30)34-6)22(24(29)33-8-2)27(17(3)28)19-11-15-21(32-5)16-12-19/h9-16,22-23H,7-8H2,1-6H3. The van der Waals surface area contributed by atoms with E-state index in [0.29, 0.717) is 29.4 Å². The van der Waals surface area contributed by atoms with Gasteiger partial charge in [0.1, 0.15) is 17.5 Å². The molecule has 2 aromatic carbocycles. The van der Waals surface area contributed by atoms with Crippen LogP contribution in [-0.4, -0.2) is 62.7 Å². The molecule has 1 amide bonds. The SMILES string of the molecule is CCOC(=O)C(C(C(=O)SC)N(CC)c1ccc(OC)cc1)N(C(C)=O)c1ccc(OC)cc1. The molecule has 0 aliphatic heterocycles. The van der Waals surface area contributed by atoms with E-state index in [0.717, 1.165) is 11.8 Å². The maximum atomic E-state index is 13.4. The molecular formula is C25H32N2O6S. The summed E-state index contributed by atoms with van der Waals surface area (Å²) < 4.78 is 15.8. The number of hydrogen-bond donors (Lipinski definition) is 0. The van der Waals surface area contributed by atoms with Gasteiger partial charge in [0.2, 0.25) is 11.0 Å². The highest BCUT2D eigenvalue weighted by atomic mass is 32.2. The van der Waals surface area contributed by atoms with Gasteiger partial charge in [-0.2, -0.15) is 0 Å². The minimum atomic E-state index is -1.21. The van der Waals surface area contributed by atoms with Crippen LogP contribution in [0.25, 0.3) is 0 Å². The molecule has 0 N–H and O–H groups in total. The molecule has 0 saturated carbocycles. The highest BCUT2D eigenvalue weighted by Gasteiger charge is 2.44. The Morgan fingerprint density at radius 1 is 0.853 bits per heavy atom. The average Bonchev–Trinajstić information content (AvgIpc) is 2.85. The number of ether oxygens (including phenoxy) is 3. The van der Waals surface area contributed by atoms with Crippen molar-refractivity contribution in [2.75, 3.05) is 43.4 Å². The lowest BCUT2D eigenvalue weighted by Gasteiger charge is -2.40. The minimum absolute atomic E-state index is 0.110. The summed E-state index contributed by atoms with van der Waals surface area (Å²) in [5.74, 6) is 0.212. The van der Waals surface area contributed by atoms with Gasteiger partial charge in [-0.1, -0.05) is 11.8 Å². The van der Waals surface area contributed by atoms with Crippen molar-refractivity contribution in [3.63, 3.8) is 0 Å².